The number of carbonyl (C=O) groups excluding carboxylic acids is 1. The monoisotopic (exact) mass is 362 g/mol. The number of benzene rings is 2. The van der Waals surface area contributed by atoms with Gasteiger partial charge in [-0.3, -0.25) is 4.79 Å². The molecule has 1 heterocycles. The van der Waals surface area contributed by atoms with Gasteiger partial charge in [0.2, 0.25) is 5.91 Å². The quantitative estimate of drug-likeness (QED) is 0.854. The van der Waals surface area contributed by atoms with E-state index in [0.29, 0.717) is 23.7 Å². The van der Waals surface area contributed by atoms with Crippen molar-refractivity contribution < 1.29 is 14.3 Å². The molecule has 1 amide bonds. The van der Waals surface area contributed by atoms with E-state index in [0.717, 1.165) is 12.1 Å². The van der Waals surface area contributed by atoms with E-state index in [1.165, 1.54) is 18.2 Å². The van der Waals surface area contributed by atoms with Crippen LogP contribution in [-0.2, 0) is 4.79 Å². The number of hydrogen-bond acceptors (Lipinski definition) is 3. The van der Waals surface area contributed by atoms with Crippen LogP contribution in [0.1, 0.15) is 24.5 Å². The van der Waals surface area contributed by atoms with E-state index in [2.05, 4.69) is 5.32 Å². The van der Waals surface area contributed by atoms with Crippen LogP contribution in [0, 0.1) is 5.82 Å². The maximum atomic E-state index is 13.2. The normalized spacial score (nSPS) is 18.2. The molecule has 2 aromatic rings. The first-order valence-corrected chi connectivity index (χ1v) is 8.62. The lowest BCUT2D eigenvalue weighted by Gasteiger charge is -2.19. The molecule has 1 aliphatic rings. The Labute approximate surface area is 151 Å². The zero-order valence-electron chi connectivity index (χ0n) is 13.7. The lowest BCUT2D eigenvalue weighted by atomic mass is 10.1. The van der Waals surface area contributed by atoms with Crippen LogP contribution in [-0.4, -0.2) is 35.0 Å². The molecule has 0 saturated carbocycles. The first kappa shape index (κ1) is 17.7. The summed E-state index contributed by atoms with van der Waals surface area (Å²) >= 11 is 5.98. The van der Waals surface area contributed by atoms with Gasteiger partial charge in [0, 0.05) is 29.8 Å². The summed E-state index contributed by atoms with van der Waals surface area (Å²) in [5.41, 5.74) is 1.34. The van der Waals surface area contributed by atoms with Crippen molar-refractivity contribution in [1.29, 1.82) is 0 Å². The van der Waals surface area contributed by atoms with Crippen LogP contribution in [0.4, 0.5) is 10.1 Å². The minimum Gasteiger partial charge on any atom is -0.388 e. The SMILES string of the molecule is O=C(CC(O)c1cccc(F)c1)N1CCC(Nc2cccc(Cl)c2)C1. The zero-order chi connectivity index (χ0) is 17.8. The van der Waals surface area contributed by atoms with Crippen molar-refractivity contribution in [2.45, 2.75) is 25.0 Å². The number of anilines is 1. The number of likely N-dealkylation sites (tertiary alicyclic amines) is 1. The van der Waals surface area contributed by atoms with Gasteiger partial charge < -0.3 is 15.3 Å². The minimum atomic E-state index is -0.997. The van der Waals surface area contributed by atoms with Crippen molar-refractivity contribution in [3.8, 4) is 0 Å². The smallest absolute Gasteiger partial charge is 0.225 e. The number of hydrogen-bond donors (Lipinski definition) is 2. The number of nitrogens with one attached hydrogen (secondary N) is 1. The van der Waals surface area contributed by atoms with Gasteiger partial charge in [0.05, 0.1) is 12.5 Å². The fourth-order valence-corrected chi connectivity index (χ4v) is 3.24. The molecule has 0 bridgehead atoms. The van der Waals surface area contributed by atoms with Gasteiger partial charge in [0.15, 0.2) is 0 Å². The van der Waals surface area contributed by atoms with Crippen LogP contribution in [0.5, 0.6) is 0 Å². The summed E-state index contributed by atoms with van der Waals surface area (Å²) in [7, 11) is 0. The van der Waals surface area contributed by atoms with Crippen molar-refractivity contribution in [3.05, 3.63) is 64.9 Å². The Morgan fingerprint density at radius 1 is 1.32 bits per heavy atom. The number of nitrogens with zero attached hydrogens (tertiary/aromatic N) is 1. The highest BCUT2D eigenvalue weighted by molar-refractivity contribution is 6.30. The van der Waals surface area contributed by atoms with E-state index >= 15 is 0 Å². The topological polar surface area (TPSA) is 52.6 Å². The lowest BCUT2D eigenvalue weighted by Crippen LogP contribution is -2.32. The summed E-state index contributed by atoms with van der Waals surface area (Å²) in [5, 5.41) is 14.2. The average Bonchev–Trinajstić information content (AvgIpc) is 3.03. The fourth-order valence-electron chi connectivity index (χ4n) is 3.04. The molecule has 3 rings (SSSR count). The molecule has 0 aliphatic carbocycles. The summed E-state index contributed by atoms with van der Waals surface area (Å²) in [5.74, 6) is -0.553. The van der Waals surface area contributed by atoms with Crippen LogP contribution in [0.3, 0.4) is 0 Å². The maximum absolute atomic E-state index is 13.2. The van der Waals surface area contributed by atoms with E-state index in [4.69, 9.17) is 11.6 Å². The fraction of sp³-hybridized carbons (Fsp3) is 0.316. The number of aliphatic hydroxyl groups is 1. The number of rotatable bonds is 5. The van der Waals surface area contributed by atoms with Crippen molar-refractivity contribution in [3.63, 3.8) is 0 Å². The van der Waals surface area contributed by atoms with Crippen LogP contribution in [0.2, 0.25) is 5.02 Å². The molecular formula is C19H20ClFN2O2. The predicted molar refractivity (Wildman–Crippen MR) is 96.0 cm³/mol. The lowest BCUT2D eigenvalue weighted by molar-refractivity contribution is -0.132. The number of aliphatic hydroxyl groups excluding tert-OH is 1. The van der Waals surface area contributed by atoms with Crippen LogP contribution in [0.25, 0.3) is 0 Å². The standard InChI is InChI=1S/C19H20ClFN2O2/c20-14-4-2-6-16(10-14)22-17-7-8-23(12-17)19(25)11-18(24)13-3-1-5-15(21)9-13/h1-6,9-10,17-18,22,24H,7-8,11-12H2. The largest absolute Gasteiger partial charge is 0.388 e. The molecule has 2 N–H and O–H groups in total. The molecule has 132 valence electrons. The summed E-state index contributed by atoms with van der Waals surface area (Å²) in [4.78, 5) is 14.1. The van der Waals surface area contributed by atoms with Gasteiger partial charge >= 0.3 is 0 Å². The Balaban J connectivity index is 1.53. The second kappa shape index (κ2) is 7.85. The van der Waals surface area contributed by atoms with E-state index in [1.54, 1.807) is 11.0 Å². The first-order chi connectivity index (χ1) is 12.0. The number of halogens is 2. The zero-order valence-corrected chi connectivity index (χ0v) is 14.4. The highest BCUT2D eigenvalue weighted by atomic mass is 35.5. The van der Waals surface area contributed by atoms with Crippen molar-refractivity contribution in [2.75, 3.05) is 18.4 Å². The number of carbonyl (C=O) groups is 1. The summed E-state index contributed by atoms with van der Waals surface area (Å²) in [6, 6.07) is 13.3. The molecule has 0 radical (unpaired) electrons. The molecule has 25 heavy (non-hydrogen) atoms. The van der Waals surface area contributed by atoms with Crippen LogP contribution in [0.15, 0.2) is 48.5 Å². The Morgan fingerprint density at radius 3 is 2.88 bits per heavy atom. The van der Waals surface area contributed by atoms with Gasteiger partial charge in [-0.25, -0.2) is 4.39 Å². The Morgan fingerprint density at radius 2 is 2.12 bits per heavy atom. The van der Waals surface area contributed by atoms with Crippen molar-refractivity contribution >= 4 is 23.2 Å². The average molecular weight is 363 g/mol. The second-order valence-corrected chi connectivity index (χ2v) is 6.69. The molecule has 4 nitrogen and oxygen atoms in total. The number of amides is 1. The highest BCUT2D eigenvalue weighted by Gasteiger charge is 2.27. The van der Waals surface area contributed by atoms with Gasteiger partial charge in [-0.1, -0.05) is 29.8 Å². The molecule has 2 atom stereocenters. The third kappa shape index (κ3) is 4.71. The molecule has 6 heteroatoms. The predicted octanol–water partition coefficient (Wildman–Crippen LogP) is 3.62. The highest BCUT2D eigenvalue weighted by Crippen LogP contribution is 2.22. The molecular weight excluding hydrogens is 343 g/mol. The summed E-state index contributed by atoms with van der Waals surface area (Å²) < 4.78 is 13.2. The summed E-state index contributed by atoms with van der Waals surface area (Å²) in [6.45, 7) is 1.20. The minimum absolute atomic E-state index is 0.0483. The van der Waals surface area contributed by atoms with E-state index in [-0.39, 0.29) is 18.4 Å². The molecule has 1 aliphatic heterocycles. The molecule has 2 aromatic carbocycles. The van der Waals surface area contributed by atoms with Crippen molar-refractivity contribution in [2.24, 2.45) is 0 Å². The Hall–Kier alpha value is -2.11. The van der Waals surface area contributed by atoms with E-state index < -0.39 is 11.9 Å². The first-order valence-electron chi connectivity index (χ1n) is 8.24. The van der Waals surface area contributed by atoms with Gasteiger partial charge in [-0.05, 0) is 42.3 Å². The third-order valence-corrected chi connectivity index (χ3v) is 4.57. The Bertz CT molecular complexity index is 756. The molecule has 0 spiro atoms. The van der Waals surface area contributed by atoms with E-state index in [1.807, 2.05) is 24.3 Å². The van der Waals surface area contributed by atoms with E-state index in [9.17, 15) is 14.3 Å². The van der Waals surface area contributed by atoms with Crippen LogP contribution < -0.4 is 5.32 Å². The second-order valence-electron chi connectivity index (χ2n) is 6.25. The van der Waals surface area contributed by atoms with Gasteiger partial charge in [0.25, 0.3) is 0 Å². The molecule has 2 unspecified atom stereocenters. The van der Waals surface area contributed by atoms with Crippen molar-refractivity contribution in [1.82, 2.24) is 4.90 Å². The van der Waals surface area contributed by atoms with Gasteiger partial charge in [0.1, 0.15) is 5.82 Å². The maximum Gasteiger partial charge on any atom is 0.225 e. The molecule has 1 saturated heterocycles. The Kier molecular flexibility index (Phi) is 5.56. The van der Waals surface area contributed by atoms with Gasteiger partial charge in [-0.2, -0.15) is 0 Å². The molecule has 1 fully saturated rings. The van der Waals surface area contributed by atoms with Crippen LogP contribution >= 0.6 is 11.6 Å². The summed E-state index contributed by atoms with van der Waals surface area (Å²) in [6.07, 6.45) is -0.218. The third-order valence-electron chi connectivity index (χ3n) is 4.34. The van der Waals surface area contributed by atoms with Gasteiger partial charge in [-0.15, -0.1) is 0 Å². The molecule has 0 aromatic heterocycles.